The highest BCUT2D eigenvalue weighted by molar-refractivity contribution is 7.89. The van der Waals surface area contributed by atoms with Crippen molar-refractivity contribution in [2.24, 2.45) is 5.73 Å². The predicted molar refractivity (Wildman–Crippen MR) is 195 cm³/mol. The Morgan fingerprint density at radius 1 is 0.961 bits per heavy atom. The van der Waals surface area contributed by atoms with Crippen molar-refractivity contribution < 1.29 is 27.5 Å². The SMILES string of the molecule is Cc1cc(C)c2cccc(OCc3c(Cl)ccc(S(=O)(=O)N4CCC[C@H]4C(=O)N4CCN(C(=O)COc5ccc(C(=N)N)cc5)CC4)c3Cl)c2n1. The molecule has 0 radical (unpaired) electrons. The van der Waals surface area contributed by atoms with Gasteiger partial charge in [0.15, 0.2) is 6.61 Å². The van der Waals surface area contributed by atoms with Crippen molar-refractivity contribution >= 4 is 61.8 Å². The van der Waals surface area contributed by atoms with E-state index in [9.17, 15) is 18.0 Å². The number of carbonyl (C=O) groups is 2. The minimum atomic E-state index is -4.21. The molecule has 51 heavy (non-hydrogen) atoms. The second-order valence-electron chi connectivity index (χ2n) is 12.6. The van der Waals surface area contributed by atoms with Gasteiger partial charge in [-0.3, -0.25) is 15.0 Å². The molecular weight excluding hydrogens is 715 g/mol. The number of nitrogen functional groups attached to an aromatic ring is 1. The Balaban J connectivity index is 1.10. The van der Waals surface area contributed by atoms with Crippen LogP contribution in [-0.4, -0.2) is 90.5 Å². The van der Waals surface area contributed by atoms with Crippen LogP contribution in [0.3, 0.4) is 0 Å². The lowest BCUT2D eigenvalue weighted by atomic mass is 10.1. The number of rotatable bonds is 10. The van der Waals surface area contributed by atoms with Gasteiger partial charge in [-0.1, -0.05) is 35.3 Å². The van der Waals surface area contributed by atoms with Gasteiger partial charge in [-0.25, -0.2) is 13.4 Å². The minimum absolute atomic E-state index is 0.0619. The monoisotopic (exact) mass is 752 g/mol. The van der Waals surface area contributed by atoms with E-state index in [2.05, 4.69) is 4.98 Å². The van der Waals surface area contributed by atoms with Gasteiger partial charge in [-0.2, -0.15) is 4.31 Å². The molecule has 2 aliphatic rings. The predicted octanol–water partition coefficient (Wildman–Crippen LogP) is 4.92. The first-order valence-corrected chi connectivity index (χ1v) is 18.7. The van der Waals surface area contributed by atoms with Crippen LogP contribution in [0.4, 0.5) is 0 Å². The molecule has 0 spiro atoms. The number of aryl methyl sites for hydroxylation is 2. The summed E-state index contributed by atoms with van der Waals surface area (Å²) in [5.74, 6) is 0.375. The van der Waals surface area contributed by atoms with E-state index >= 15 is 0 Å². The second-order valence-corrected chi connectivity index (χ2v) is 15.2. The number of pyridine rings is 1. The molecule has 3 aromatic carbocycles. The highest BCUT2D eigenvalue weighted by Crippen LogP contribution is 2.37. The molecule has 2 saturated heterocycles. The molecule has 2 amide bonds. The Kier molecular flexibility index (Phi) is 10.7. The number of nitrogens with two attached hydrogens (primary N) is 1. The van der Waals surface area contributed by atoms with Crippen LogP contribution in [0, 0.1) is 19.3 Å². The molecule has 15 heteroatoms. The molecule has 2 fully saturated rings. The number of benzene rings is 3. The molecule has 0 bridgehead atoms. The van der Waals surface area contributed by atoms with Gasteiger partial charge in [-0.15, -0.1) is 0 Å². The molecule has 0 unspecified atom stereocenters. The van der Waals surface area contributed by atoms with Crippen molar-refractivity contribution in [3.63, 3.8) is 0 Å². The van der Waals surface area contributed by atoms with Gasteiger partial charge in [0, 0.05) is 60.0 Å². The second kappa shape index (κ2) is 15.0. The number of halogens is 2. The smallest absolute Gasteiger partial charge is 0.260 e. The van der Waals surface area contributed by atoms with Crippen LogP contribution in [0.1, 0.15) is 35.2 Å². The maximum atomic E-state index is 14.1. The first-order valence-electron chi connectivity index (χ1n) is 16.5. The molecule has 1 atom stereocenters. The van der Waals surface area contributed by atoms with Crippen LogP contribution >= 0.6 is 23.2 Å². The van der Waals surface area contributed by atoms with E-state index in [-0.39, 0.29) is 78.5 Å². The zero-order valence-electron chi connectivity index (χ0n) is 28.2. The Labute approximate surface area is 306 Å². The molecule has 3 N–H and O–H groups in total. The summed E-state index contributed by atoms with van der Waals surface area (Å²) in [5.41, 5.74) is 8.91. The lowest BCUT2D eigenvalue weighted by molar-refractivity contribution is -0.142. The molecule has 3 heterocycles. The van der Waals surface area contributed by atoms with E-state index in [4.69, 9.17) is 43.8 Å². The number of carbonyl (C=O) groups excluding carboxylic acids is 2. The maximum Gasteiger partial charge on any atom is 0.260 e. The Morgan fingerprint density at radius 3 is 2.37 bits per heavy atom. The van der Waals surface area contributed by atoms with Gasteiger partial charge >= 0.3 is 0 Å². The summed E-state index contributed by atoms with van der Waals surface area (Å²) in [5, 5.41) is 8.60. The quantitative estimate of drug-likeness (QED) is 0.171. The van der Waals surface area contributed by atoms with Crippen LogP contribution in [0.25, 0.3) is 10.9 Å². The molecule has 268 valence electrons. The molecule has 6 rings (SSSR count). The van der Waals surface area contributed by atoms with E-state index in [0.29, 0.717) is 41.0 Å². The summed E-state index contributed by atoms with van der Waals surface area (Å²) in [6.45, 7) is 4.86. The van der Waals surface area contributed by atoms with Crippen molar-refractivity contribution in [2.45, 2.75) is 44.2 Å². The van der Waals surface area contributed by atoms with Crippen molar-refractivity contribution in [3.05, 3.63) is 93.1 Å². The van der Waals surface area contributed by atoms with Crippen molar-refractivity contribution in [1.29, 1.82) is 5.41 Å². The highest BCUT2D eigenvalue weighted by atomic mass is 35.5. The summed E-state index contributed by atoms with van der Waals surface area (Å²) in [6, 6.07) is 16.1. The summed E-state index contributed by atoms with van der Waals surface area (Å²) in [4.78, 5) is 34.3. The number of piperazine rings is 1. The van der Waals surface area contributed by atoms with Crippen LogP contribution in [-0.2, 0) is 26.2 Å². The van der Waals surface area contributed by atoms with Gasteiger partial charge in [-0.05, 0) is 80.8 Å². The van der Waals surface area contributed by atoms with Crippen molar-refractivity contribution in [3.8, 4) is 11.5 Å². The average Bonchev–Trinajstić information content (AvgIpc) is 3.62. The topological polar surface area (TPSA) is 159 Å². The highest BCUT2D eigenvalue weighted by Gasteiger charge is 2.43. The number of hydrogen-bond acceptors (Lipinski definition) is 8. The average molecular weight is 754 g/mol. The Morgan fingerprint density at radius 2 is 1.67 bits per heavy atom. The Hall–Kier alpha value is -4.43. The van der Waals surface area contributed by atoms with Gasteiger partial charge in [0.1, 0.15) is 40.4 Å². The van der Waals surface area contributed by atoms with Crippen LogP contribution in [0.5, 0.6) is 11.5 Å². The number of para-hydroxylation sites is 1. The van der Waals surface area contributed by atoms with Crippen molar-refractivity contribution in [1.82, 2.24) is 19.1 Å². The fourth-order valence-electron chi connectivity index (χ4n) is 6.48. The number of nitrogens with zero attached hydrogens (tertiary/aromatic N) is 4. The first kappa shape index (κ1) is 36.4. The van der Waals surface area contributed by atoms with Crippen molar-refractivity contribution in [2.75, 3.05) is 39.3 Å². The van der Waals surface area contributed by atoms with Gasteiger partial charge in [0.2, 0.25) is 15.9 Å². The van der Waals surface area contributed by atoms with E-state index in [0.717, 1.165) is 16.6 Å². The number of amidine groups is 1. The zero-order valence-corrected chi connectivity index (χ0v) is 30.5. The van der Waals surface area contributed by atoms with Crippen LogP contribution < -0.4 is 15.2 Å². The number of amides is 2. The van der Waals surface area contributed by atoms with E-state index in [1.807, 2.05) is 32.0 Å². The maximum absolute atomic E-state index is 14.1. The lowest BCUT2D eigenvalue weighted by Crippen LogP contribution is -2.55. The zero-order chi connectivity index (χ0) is 36.4. The number of fused-ring (bicyclic) bond motifs is 1. The molecular formula is C36H38Cl2N6O6S. The number of nitrogens with one attached hydrogen (secondary N) is 1. The van der Waals surface area contributed by atoms with E-state index in [1.165, 1.54) is 16.4 Å². The van der Waals surface area contributed by atoms with Crippen LogP contribution in [0.2, 0.25) is 10.0 Å². The molecule has 0 saturated carbocycles. The fraction of sp³-hybridized carbons (Fsp3) is 0.333. The summed E-state index contributed by atoms with van der Waals surface area (Å²) in [7, 11) is -4.21. The third-order valence-corrected chi connectivity index (χ3v) is 12.1. The molecule has 2 aliphatic heterocycles. The lowest BCUT2D eigenvalue weighted by Gasteiger charge is -2.37. The minimum Gasteiger partial charge on any atom is -0.487 e. The first-order chi connectivity index (χ1) is 24.3. The van der Waals surface area contributed by atoms with Crippen LogP contribution in [0.15, 0.2) is 65.6 Å². The molecule has 0 aliphatic carbocycles. The summed E-state index contributed by atoms with van der Waals surface area (Å²) in [6.07, 6.45) is 0.870. The van der Waals surface area contributed by atoms with Gasteiger partial charge < -0.3 is 25.0 Å². The molecule has 1 aromatic heterocycles. The van der Waals surface area contributed by atoms with E-state index in [1.54, 1.807) is 40.1 Å². The normalized spacial score (nSPS) is 16.7. The number of sulfonamides is 1. The number of ether oxygens (including phenoxy) is 2. The van der Waals surface area contributed by atoms with E-state index < -0.39 is 16.1 Å². The largest absolute Gasteiger partial charge is 0.487 e. The summed E-state index contributed by atoms with van der Waals surface area (Å²) < 4.78 is 41.2. The fourth-order valence-corrected chi connectivity index (χ4v) is 9.00. The van der Waals surface area contributed by atoms with Gasteiger partial charge in [0.05, 0.1) is 5.02 Å². The third-order valence-electron chi connectivity index (χ3n) is 9.21. The Bertz CT molecular complexity index is 2110. The molecule has 12 nitrogen and oxygen atoms in total. The summed E-state index contributed by atoms with van der Waals surface area (Å²) >= 11 is 13.3. The molecule has 4 aromatic rings. The van der Waals surface area contributed by atoms with Gasteiger partial charge in [0.25, 0.3) is 5.91 Å². The standard InChI is InChI=1S/C36H38Cl2N6O6S/c1-22-19-23(2)41-34-26(22)5-3-7-30(34)50-20-27-28(37)12-13-31(33(27)38)51(47,48)44-14-4-6-29(44)36(46)43-17-15-42(16-18-43)32(45)21-49-25-10-8-24(9-11-25)35(39)40/h3,5,7-13,19,29H,4,6,14-18,20-21H2,1-2H3,(H3,39,40)/t29-/m0/s1. The third kappa shape index (κ3) is 7.62. The number of aromatic nitrogens is 1. The number of hydrogen-bond donors (Lipinski definition) is 2.